The van der Waals surface area contributed by atoms with Crippen molar-refractivity contribution >= 4 is 39.3 Å². The molecule has 4 rings (SSSR count). The average Bonchev–Trinajstić information content (AvgIpc) is 2.94. The van der Waals surface area contributed by atoms with Crippen LogP contribution in [0, 0.1) is 0 Å². The Labute approximate surface area is 116 Å². The summed E-state index contributed by atoms with van der Waals surface area (Å²) < 4.78 is 1.86. The quantitative estimate of drug-likeness (QED) is 0.734. The Bertz CT molecular complexity index is 745. The second-order valence-electron chi connectivity index (χ2n) is 4.27. The van der Waals surface area contributed by atoms with E-state index in [0.29, 0.717) is 6.04 Å². The molecule has 19 heavy (non-hydrogen) atoms. The normalized spacial score (nSPS) is 15.2. The molecular weight excluding hydrogens is 282 g/mol. The number of rotatable bonds is 3. The highest BCUT2D eigenvalue weighted by Crippen LogP contribution is 2.39. The second kappa shape index (κ2) is 4.14. The van der Waals surface area contributed by atoms with Gasteiger partial charge in [-0.05, 0) is 46.5 Å². The van der Waals surface area contributed by atoms with E-state index in [0.717, 1.165) is 33.2 Å². The zero-order valence-corrected chi connectivity index (χ0v) is 11.4. The minimum atomic E-state index is 0.280. The van der Waals surface area contributed by atoms with Crippen molar-refractivity contribution < 1.29 is 0 Å². The Hall–Kier alpha value is -1.74. The Balaban J connectivity index is 1.78. The van der Waals surface area contributed by atoms with E-state index in [4.69, 9.17) is 5.73 Å². The van der Waals surface area contributed by atoms with Crippen molar-refractivity contribution in [3.8, 4) is 0 Å². The number of tetrazole rings is 1. The number of thiophene rings is 1. The van der Waals surface area contributed by atoms with Crippen LogP contribution in [0.15, 0.2) is 21.6 Å². The molecule has 3 aromatic rings. The molecular formula is C10H9N7S2. The van der Waals surface area contributed by atoms with Crippen LogP contribution < -0.4 is 5.73 Å². The monoisotopic (exact) mass is 291 g/mol. The second-order valence-corrected chi connectivity index (χ2v) is 6.12. The molecule has 1 aliphatic rings. The highest BCUT2D eigenvalue weighted by molar-refractivity contribution is 7.99. The van der Waals surface area contributed by atoms with Crippen molar-refractivity contribution in [2.24, 2.45) is 0 Å². The standard InChI is InChI=1S/C10H9N7S2/c11-9-12-7-6(3-4-18-7)8(13-9)19-10-14-15-16-17(10)5-1-2-5/h3-5H,1-2H2,(H2,11,12,13). The largest absolute Gasteiger partial charge is 0.368 e. The van der Waals surface area contributed by atoms with Crippen molar-refractivity contribution in [3.63, 3.8) is 0 Å². The lowest BCUT2D eigenvalue weighted by Crippen LogP contribution is -2.00. The number of hydrogen-bond acceptors (Lipinski definition) is 8. The maximum atomic E-state index is 5.74. The fourth-order valence-electron chi connectivity index (χ4n) is 1.81. The minimum absolute atomic E-state index is 0.280. The smallest absolute Gasteiger partial charge is 0.222 e. The van der Waals surface area contributed by atoms with Crippen molar-refractivity contribution in [2.75, 3.05) is 5.73 Å². The van der Waals surface area contributed by atoms with Gasteiger partial charge in [-0.2, -0.15) is 0 Å². The summed E-state index contributed by atoms with van der Waals surface area (Å²) in [4.78, 5) is 9.39. The molecule has 0 aromatic carbocycles. The summed E-state index contributed by atoms with van der Waals surface area (Å²) in [6, 6.07) is 2.43. The number of hydrogen-bond donors (Lipinski definition) is 1. The maximum Gasteiger partial charge on any atom is 0.222 e. The number of nitrogen functional groups attached to an aromatic ring is 1. The van der Waals surface area contributed by atoms with Crippen LogP contribution in [0.5, 0.6) is 0 Å². The third-order valence-corrected chi connectivity index (χ3v) is 4.61. The Morgan fingerprint density at radius 3 is 3.11 bits per heavy atom. The molecule has 3 aromatic heterocycles. The fourth-order valence-corrected chi connectivity index (χ4v) is 3.59. The highest BCUT2D eigenvalue weighted by Gasteiger charge is 2.28. The lowest BCUT2D eigenvalue weighted by molar-refractivity contribution is 0.565. The van der Waals surface area contributed by atoms with Gasteiger partial charge in [0.05, 0.1) is 6.04 Å². The summed E-state index contributed by atoms with van der Waals surface area (Å²) in [5.74, 6) is 0.280. The zero-order valence-electron chi connectivity index (χ0n) is 9.72. The van der Waals surface area contributed by atoms with Crippen molar-refractivity contribution in [2.45, 2.75) is 29.1 Å². The molecule has 96 valence electrons. The van der Waals surface area contributed by atoms with Crippen LogP contribution in [0.3, 0.4) is 0 Å². The van der Waals surface area contributed by atoms with Crippen LogP contribution in [-0.4, -0.2) is 30.2 Å². The SMILES string of the molecule is Nc1nc(Sc2nnnn2C2CC2)c2ccsc2n1. The van der Waals surface area contributed by atoms with Crippen molar-refractivity contribution in [1.82, 2.24) is 30.2 Å². The van der Waals surface area contributed by atoms with E-state index in [2.05, 4.69) is 25.5 Å². The van der Waals surface area contributed by atoms with Gasteiger partial charge in [-0.25, -0.2) is 14.6 Å². The molecule has 0 radical (unpaired) electrons. The topological polar surface area (TPSA) is 95.4 Å². The summed E-state index contributed by atoms with van der Waals surface area (Å²) in [6.07, 6.45) is 2.27. The number of anilines is 1. The van der Waals surface area contributed by atoms with Gasteiger partial charge in [0.1, 0.15) is 9.86 Å². The van der Waals surface area contributed by atoms with Crippen LogP contribution in [0.1, 0.15) is 18.9 Å². The van der Waals surface area contributed by atoms with Crippen LogP contribution >= 0.6 is 23.1 Å². The average molecular weight is 291 g/mol. The van der Waals surface area contributed by atoms with Gasteiger partial charge in [-0.3, -0.25) is 0 Å². The summed E-state index contributed by atoms with van der Waals surface area (Å²) >= 11 is 2.99. The molecule has 0 saturated heterocycles. The van der Waals surface area contributed by atoms with Crippen molar-refractivity contribution in [1.29, 1.82) is 0 Å². The Morgan fingerprint density at radius 1 is 1.37 bits per heavy atom. The van der Waals surface area contributed by atoms with E-state index in [1.165, 1.54) is 11.8 Å². The van der Waals surface area contributed by atoms with Crippen LogP contribution in [0.2, 0.25) is 0 Å². The lowest BCUT2D eigenvalue weighted by Gasteiger charge is -2.03. The lowest BCUT2D eigenvalue weighted by atomic mass is 10.4. The predicted octanol–water partition coefficient (Wildman–Crippen LogP) is 1.75. The van der Waals surface area contributed by atoms with E-state index >= 15 is 0 Å². The predicted molar refractivity (Wildman–Crippen MR) is 72.0 cm³/mol. The first-order chi connectivity index (χ1) is 9.31. The summed E-state index contributed by atoms with van der Waals surface area (Å²) in [7, 11) is 0. The van der Waals surface area contributed by atoms with E-state index in [-0.39, 0.29) is 5.95 Å². The number of nitrogens with zero attached hydrogens (tertiary/aromatic N) is 6. The van der Waals surface area contributed by atoms with Crippen LogP contribution in [0.4, 0.5) is 5.95 Å². The molecule has 0 unspecified atom stereocenters. The van der Waals surface area contributed by atoms with Gasteiger partial charge >= 0.3 is 0 Å². The third-order valence-electron chi connectivity index (χ3n) is 2.85. The number of aromatic nitrogens is 6. The molecule has 0 bridgehead atoms. The first-order valence-electron chi connectivity index (χ1n) is 5.78. The van der Waals surface area contributed by atoms with Gasteiger partial charge in [-0.15, -0.1) is 16.4 Å². The van der Waals surface area contributed by atoms with Gasteiger partial charge < -0.3 is 5.73 Å². The van der Waals surface area contributed by atoms with Crippen LogP contribution in [0.25, 0.3) is 10.2 Å². The minimum Gasteiger partial charge on any atom is -0.368 e. The van der Waals surface area contributed by atoms with Crippen molar-refractivity contribution in [3.05, 3.63) is 11.4 Å². The summed E-state index contributed by atoms with van der Waals surface area (Å²) in [5.41, 5.74) is 5.74. The zero-order chi connectivity index (χ0) is 12.8. The first-order valence-corrected chi connectivity index (χ1v) is 7.47. The Kier molecular flexibility index (Phi) is 2.42. The molecule has 1 fully saturated rings. The van der Waals surface area contributed by atoms with E-state index in [1.807, 2.05) is 16.1 Å². The van der Waals surface area contributed by atoms with Crippen LogP contribution in [-0.2, 0) is 0 Å². The fraction of sp³-hybridized carbons (Fsp3) is 0.300. The van der Waals surface area contributed by atoms with Gasteiger partial charge in [0, 0.05) is 5.39 Å². The molecule has 1 saturated carbocycles. The first kappa shape index (κ1) is 11.1. The Morgan fingerprint density at radius 2 is 2.26 bits per heavy atom. The highest BCUT2D eigenvalue weighted by atomic mass is 32.2. The number of nitrogens with two attached hydrogens (primary N) is 1. The summed E-state index contributed by atoms with van der Waals surface area (Å²) in [6.45, 7) is 0. The molecule has 7 nitrogen and oxygen atoms in total. The van der Waals surface area contributed by atoms with E-state index < -0.39 is 0 Å². The number of fused-ring (bicyclic) bond motifs is 1. The molecule has 0 spiro atoms. The molecule has 3 heterocycles. The molecule has 2 N–H and O–H groups in total. The molecule has 9 heteroatoms. The van der Waals surface area contributed by atoms with E-state index in [9.17, 15) is 0 Å². The molecule has 0 amide bonds. The summed E-state index contributed by atoms with van der Waals surface area (Å²) in [5, 5.41) is 16.4. The van der Waals surface area contributed by atoms with Gasteiger partial charge in [-0.1, -0.05) is 0 Å². The van der Waals surface area contributed by atoms with Gasteiger partial charge in [0.25, 0.3) is 0 Å². The molecule has 0 atom stereocenters. The molecule has 1 aliphatic carbocycles. The third kappa shape index (κ3) is 1.94. The van der Waals surface area contributed by atoms with Gasteiger partial charge in [0.15, 0.2) is 0 Å². The van der Waals surface area contributed by atoms with E-state index in [1.54, 1.807) is 11.3 Å². The maximum absolute atomic E-state index is 5.74. The molecule has 0 aliphatic heterocycles. The van der Waals surface area contributed by atoms with Gasteiger partial charge in [0.2, 0.25) is 11.1 Å².